The van der Waals surface area contributed by atoms with Gasteiger partial charge in [0.15, 0.2) is 0 Å². The van der Waals surface area contributed by atoms with Gasteiger partial charge in [0.2, 0.25) is 0 Å². The molecule has 25 heavy (non-hydrogen) atoms. The van der Waals surface area contributed by atoms with Crippen molar-refractivity contribution in [3.05, 3.63) is 47.3 Å². The number of benzene rings is 1. The molecule has 0 spiro atoms. The first-order chi connectivity index (χ1) is 12.2. The quantitative estimate of drug-likeness (QED) is 0.908. The molecule has 5 heteroatoms. The first-order valence-electron chi connectivity index (χ1n) is 9.32. The average Bonchev–Trinajstić information content (AvgIpc) is 3.49. The molecule has 4 rings (SSSR count). The normalized spacial score (nSPS) is 18.4. The highest BCUT2D eigenvalue weighted by molar-refractivity contribution is 5.59. The number of aromatic nitrogens is 2. The lowest BCUT2D eigenvalue weighted by Gasteiger charge is -2.36. The number of hydrogen-bond donors (Lipinski definition) is 1. The first-order valence-corrected chi connectivity index (χ1v) is 9.32. The van der Waals surface area contributed by atoms with Gasteiger partial charge in [-0.15, -0.1) is 0 Å². The minimum absolute atomic E-state index is 0.575. The van der Waals surface area contributed by atoms with E-state index in [0.717, 1.165) is 50.2 Å². The third-order valence-corrected chi connectivity index (χ3v) is 5.24. The molecule has 0 atom stereocenters. The zero-order valence-corrected chi connectivity index (χ0v) is 15.2. The summed E-state index contributed by atoms with van der Waals surface area (Å²) in [5, 5.41) is 3.25. The van der Waals surface area contributed by atoms with Gasteiger partial charge in [0, 0.05) is 51.3 Å². The Balaban J connectivity index is 1.46. The minimum Gasteiger partial charge on any atom is -0.373 e. The molecule has 2 aromatic rings. The number of nitrogens with zero attached hydrogens (tertiary/aromatic N) is 4. The summed E-state index contributed by atoms with van der Waals surface area (Å²) < 4.78 is 0. The van der Waals surface area contributed by atoms with Crippen molar-refractivity contribution >= 4 is 11.6 Å². The van der Waals surface area contributed by atoms with Crippen molar-refractivity contribution in [1.82, 2.24) is 14.9 Å². The SMILES string of the molecule is CNc1nc(C2CC2)nc(N2CCN(Cc3ccccc3)CC2)c1C. The van der Waals surface area contributed by atoms with Crippen molar-refractivity contribution in [1.29, 1.82) is 0 Å². The zero-order valence-electron chi connectivity index (χ0n) is 15.2. The first kappa shape index (κ1) is 16.3. The second-order valence-electron chi connectivity index (χ2n) is 7.15. The predicted molar refractivity (Wildman–Crippen MR) is 102 cm³/mol. The summed E-state index contributed by atoms with van der Waals surface area (Å²) in [6.45, 7) is 7.37. The molecule has 0 unspecified atom stereocenters. The van der Waals surface area contributed by atoms with Crippen LogP contribution in [0.3, 0.4) is 0 Å². The number of anilines is 2. The number of rotatable bonds is 5. The van der Waals surface area contributed by atoms with Crippen LogP contribution in [0.25, 0.3) is 0 Å². The largest absolute Gasteiger partial charge is 0.373 e. The van der Waals surface area contributed by atoms with Gasteiger partial charge in [-0.3, -0.25) is 4.90 Å². The molecule has 2 heterocycles. The molecule has 0 amide bonds. The van der Waals surface area contributed by atoms with E-state index in [-0.39, 0.29) is 0 Å². The topological polar surface area (TPSA) is 44.3 Å². The number of hydrogen-bond acceptors (Lipinski definition) is 5. The second kappa shape index (κ2) is 7.00. The van der Waals surface area contributed by atoms with Gasteiger partial charge in [0.05, 0.1) is 0 Å². The molecule has 2 fully saturated rings. The van der Waals surface area contributed by atoms with Crippen LogP contribution >= 0.6 is 0 Å². The highest BCUT2D eigenvalue weighted by Gasteiger charge is 2.29. The van der Waals surface area contributed by atoms with Crippen molar-refractivity contribution in [3.63, 3.8) is 0 Å². The molecular weight excluding hydrogens is 310 g/mol. The third-order valence-electron chi connectivity index (χ3n) is 5.24. The van der Waals surface area contributed by atoms with E-state index in [4.69, 9.17) is 9.97 Å². The van der Waals surface area contributed by atoms with Crippen LogP contribution in [0.4, 0.5) is 11.6 Å². The molecule has 0 bridgehead atoms. The van der Waals surface area contributed by atoms with Gasteiger partial charge in [-0.2, -0.15) is 0 Å². The predicted octanol–water partition coefficient (Wildman–Crippen LogP) is 3.03. The van der Waals surface area contributed by atoms with E-state index in [1.807, 2.05) is 7.05 Å². The van der Waals surface area contributed by atoms with Gasteiger partial charge >= 0.3 is 0 Å². The van der Waals surface area contributed by atoms with Crippen LogP contribution in [0.15, 0.2) is 30.3 Å². The van der Waals surface area contributed by atoms with Gasteiger partial charge in [-0.1, -0.05) is 30.3 Å². The van der Waals surface area contributed by atoms with Crippen molar-refractivity contribution in [2.45, 2.75) is 32.2 Å². The molecule has 1 aliphatic heterocycles. The fraction of sp³-hybridized carbons (Fsp3) is 0.500. The van der Waals surface area contributed by atoms with E-state index < -0.39 is 0 Å². The van der Waals surface area contributed by atoms with Crippen molar-refractivity contribution in [3.8, 4) is 0 Å². The van der Waals surface area contributed by atoms with Gasteiger partial charge in [-0.25, -0.2) is 9.97 Å². The summed E-state index contributed by atoms with van der Waals surface area (Å²) >= 11 is 0. The zero-order chi connectivity index (χ0) is 17.2. The molecule has 132 valence electrons. The average molecular weight is 337 g/mol. The Kier molecular flexibility index (Phi) is 4.57. The fourth-order valence-electron chi connectivity index (χ4n) is 3.56. The number of nitrogens with one attached hydrogen (secondary N) is 1. The fourth-order valence-corrected chi connectivity index (χ4v) is 3.56. The maximum absolute atomic E-state index is 4.93. The second-order valence-corrected chi connectivity index (χ2v) is 7.15. The lowest BCUT2D eigenvalue weighted by Crippen LogP contribution is -2.46. The summed E-state index contributed by atoms with van der Waals surface area (Å²) in [5.41, 5.74) is 2.56. The molecule has 5 nitrogen and oxygen atoms in total. The lowest BCUT2D eigenvalue weighted by molar-refractivity contribution is 0.249. The van der Waals surface area contributed by atoms with E-state index in [1.54, 1.807) is 0 Å². The lowest BCUT2D eigenvalue weighted by atomic mass is 10.2. The van der Waals surface area contributed by atoms with E-state index in [2.05, 4.69) is 52.4 Å². The van der Waals surface area contributed by atoms with Gasteiger partial charge in [-0.05, 0) is 25.3 Å². The van der Waals surface area contributed by atoms with Crippen LogP contribution in [0.1, 0.15) is 35.7 Å². The van der Waals surface area contributed by atoms with E-state index in [0.29, 0.717) is 5.92 Å². The Bertz CT molecular complexity index is 718. The Hall–Kier alpha value is -2.14. The van der Waals surface area contributed by atoms with E-state index >= 15 is 0 Å². The molecule has 1 aromatic carbocycles. The van der Waals surface area contributed by atoms with Gasteiger partial charge < -0.3 is 10.2 Å². The summed E-state index contributed by atoms with van der Waals surface area (Å²) in [5.74, 6) is 3.71. The molecule has 1 aliphatic carbocycles. The molecule has 1 saturated carbocycles. The smallest absolute Gasteiger partial charge is 0.137 e. The minimum atomic E-state index is 0.575. The molecule has 1 saturated heterocycles. The Morgan fingerprint density at radius 1 is 1.04 bits per heavy atom. The van der Waals surface area contributed by atoms with Crippen LogP contribution in [0.2, 0.25) is 0 Å². The van der Waals surface area contributed by atoms with E-state index in [9.17, 15) is 0 Å². The van der Waals surface area contributed by atoms with Crippen molar-refractivity contribution in [2.24, 2.45) is 0 Å². The van der Waals surface area contributed by atoms with Crippen LogP contribution in [0.5, 0.6) is 0 Å². The van der Waals surface area contributed by atoms with Crippen LogP contribution in [-0.4, -0.2) is 48.1 Å². The molecule has 2 aliphatic rings. The summed E-state index contributed by atoms with van der Waals surface area (Å²) in [6.07, 6.45) is 2.47. The molecule has 1 aromatic heterocycles. The standard InChI is InChI=1S/C20H27N5/c1-15-18(21-2)22-19(17-8-9-17)23-20(15)25-12-10-24(11-13-25)14-16-6-4-3-5-7-16/h3-7,17H,8-14H2,1-2H3,(H,21,22,23). The maximum atomic E-state index is 4.93. The van der Waals surface area contributed by atoms with Crippen LogP contribution < -0.4 is 10.2 Å². The van der Waals surface area contributed by atoms with Crippen molar-refractivity contribution in [2.75, 3.05) is 43.4 Å². The highest BCUT2D eigenvalue weighted by Crippen LogP contribution is 2.40. The summed E-state index contributed by atoms with van der Waals surface area (Å²) in [7, 11) is 1.95. The monoisotopic (exact) mass is 337 g/mol. The summed E-state index contributed by atoms with van der Waals surface area (Å²) in [4.78, 5) is 14.6. The maximum Gasteiger partial charge on any atom is 0.137 e. The van der Waals surface area contributed by atoms with Gasteiger partial charge in [0.1, 0.15) is 17.5 Å². The highest BCUT2D eigenvalue weighted by atomic mass is 15.3. The summed E-state index contributed by atoms with van der Waals surface area (Å²) in [6, 6.07) is 10.7. The molecule has 1 N–H and O–H groups in total. The third kappa shape index (κ3) is 3.61. The van der Waals surface area contributed by atoms with Crippen LogP contribution in [0, 0.1) is 6.92 Å². The Morgan fingerprint density at radius 3 is 2.40 bits per heavy atom. The molecule has 0 radical (unpaired) electrons. The Morgan fingerprint density at radius 2 is 1.76 bits per heavy atom. The Labute approximate surface area is 150 Å². The number of piperazine rings is 1. The van der Waals surface area contributed by atoms with Gasteiger partial charge in [0.25, 0.3) is 0 Å². The van der Waals surface area contributed by atoms with E-state index in [1.165, 1.54) is 24.0 Å². The van der Waals surface area contributed by atoms with Crippen molar-refractivity contribution < 1.29 is 0 Å². The van der Waals surface area contributed by atoms with Crippen LogP contribution in [-0.2, 0) is 6.54 Å². The molecular formula is C20H27N5.